The van der Waals surface area contributed by atoms with E-state index in [1.54, 1.807) is 10.7 Å². The van der Waals surface area contributed by atoms with Gasteiger partial charge in [-0.2, -0.15) is 18.3 Å². The van der Waals surface area contributed by atoms with E-state index in [2.05, 4.69) is 10.1 Å². The summed E-state index contributed by atoms with van der Waals surface area (Å²) in [6.07, 6.45) is -2.79. The largest absolute Gasteiger partial charge is 0.417 e. The Balaban J connectivity index is 2.11. The van der Waals surface area contributed by atoms with Crippen molar-refractivity contribution in [3.8, 4) is 11.4 Å². The summed E-state index contributed by atoms with van der Waals surface area (Å²) in [5, 5.41) is 4.17. The Kier molecular flexibility index (Phi) is 3.01. The molecule has 1 aliphatic rings. The topological polar surface area (TPSA) is 56.7 Å². The molecular formula is C13H13F3N4. The number of rotatable bonds is 1. The molecule has 0 fully saturated rings. The van der Waals surface area contributed by atoms with Crippen LogP contribution in [0.1, 0.15) is 30.3 Å². The van der Waals surface area contributed by atoms with E-state index in [0.29, 0.717) is 12.4 Å². The molecule has 1 unspecified atom stereocenters. The van der Waals surface area contributed by atoms with Crippen LogP contribution in [0.4, 0.5) is 13.2 Å². The first-order valence-corrected chi connectivity index (χ1v) is 6.34. The van der Waals surface area contributed by atoms with Crippen LogP contribution in [-0.4, -0.2) is 14.8 Å². The molecule has 0 aliphatic carbocycles. The number of hydrogen-bond acceptors (Lipinski definition) is 3. The quantitative estimate of drug-likeness (QED) is 0.875. The second-order valence-corrected chi connectivity index (χ2v) is 4.81. The van der Waals surface area contributed by atoms with E-state index >= 15 is 0 Å². The normalized spacial score (nSPS) is 18.9. The standard InChI is InChI=1S/C13H13F3N4/c14-13(15,16)9-5-2-1-4-8(9)11-18-12-10(17)6-3-7-20(12)19-11/h1-2,4-5,10H,3,6-7,17H2. The average molecular weight is 282 g/mol. The highest BCUT2D eigenvalue weighted by Crippen LogP contribution is 2.36. The molecule has 1 aliphatic heterocycles. The lowest BCUT2D eigenvalue weighted by Crippen LogP contribution is -2.22. The van der Waals surface area contributed by atoms with E-state index in [1.165, 1.54) is 12.1 Å². The molecular weight excluding hydrogens is 269 g/mol. The van der Waals surface area contributed by atoms with E-state index in [-0.39, 0.29) is 17.4 Å². The molecule has 0 saturated carbocycles. The van der Waals surface area contributed by atoms with Crippen LogP contribution in [0.5, 0.6) is 0 Å². The third kappa shape index (κ3) is 2.18. The number of hydrogen-bond donors (Lipinski definition) is 1. The average Bonchev–Trinajstić information content (AvgIpc) is 2.83. The summed E-state index contributed by atoms with van der Waals surface area (Å²) in [5.74, 6) is 0.647. The molecule has 1 aromatic carbocycles. The predicted molar refractivity (Wildman–Crippen MR) is 66.6 cm³/mol. The van der Waals surface area contributed by atoms with Crippen molar-refractivity contribution < 1.29 is 13.2 Å². The Bertz CT molecular complexity index is 633. The van der Waals surface area contributed by atoms with Crippen LogP contribution in [0.3, 0.4) is 0 Å². The molecule has 2 aromatic rings. The van der Waals surface area contributed by atoms with Crippen LogP contribution in [-0.2, 0) is 12.7 Å². The SMILES string of the molecule is NC1CCCn2nc(-c3ccccc3C(F)(F)F)nc21. The molecule has 0 bridgehead atoms. The zero-order chi connectivity index (χ0) is 14.3. The minimum atomic E-state index is -4.43. The third-order valence-electron chi connectivity index (χ3n) is 3.39. The summed E-state index contributed by atoms with van der Waals surface area (Å²) in [5.41, 5.74) is 5.19. The summed E-state index contributed by atoms with van der Waals surface area (Å²) in [6.45, 7) is 0.643. The third-order valence-corrected chi connectivity index (χ3v) is 3.39. The molecule has 1 aromatic heterocycles. The fraction of sp³-hybridized carbons (Fsp3) is 0.385. The maximum atomic E-state index is 13.0. The Morgan fingerprint density at radius 1 is 1.25 bits per heavy atom. The first-order chi connectivity index (χ1) is 9.47. The van der Waals surface area contributed by atoms with Crippen molar-refractivity contribution in [1.82, 2.24) is 14.8 Å². The second-order valence-electron chi connectivity index (χ2n) is 4.81. The van der Waals surface area contributed by atoms with E-state index in [0.717, 1.165) is 18.9 Å². The molecule has 0 amide bonds. The van der Waals surface area contributed by atoms with Gasteiger partial charge in [-0.3, -0.25) is 0 Å². The molecule has 0 saturated heterocycles. The fourth-order valence-electron chi connectivity index (χ4n) is 2.42. The van der Waals surface area contributed by atoms with Crippen molar-refractivity contribution in [2.24, 2.45) is 5.73 Å². The summed E-state index contributed by atoms with van der Waals surface area (Å²) >= 11 is 0. The zero-order valence-corrected chi connectivity index (χ0v) is 10.6. The summed E-state index contributed by atoms with van der Waals surface area (Å²) < 4.78 is 40.6. The summed E-state index contributed by atoms with van der Waals surface area (Å²) in [6, 6.07) is 5.06. The van der Waals surface area contributed by atoms with Gasteiger partial charge in [-0.05, 0) is 18.9 Å². The van der Waals surface area contributed by atoms with Crippen LogP contribution in [0.15, 0.2) is 24.3 Å². The van der Waals surface area contributed by atoms with Crippen molar-refractivity contribution in [2.45, 2.75) is 31.6 Å². The van der Waals surface area contributed by atoms with Crippen molar-refractivity contribution in [3.05, 3.63) is 35.7 Å². The van der Waals surface area contributed by atoms with Crippen molar-refractivity contribution in [1.29, 1.82) is 0 Å². The van der Waals surface area contributed by atoms with Crippen molar-refractivity contribution in [2.75, 3.05) is 0 Å². The van der Waals surface area contributed by atoms with Gasteiger partial charge in [0.15, 0.2) is 5.82 Å². The fourth-order valence-corrected chi connectivity index (χ4v) is 2.42. The number of nitrogens with two attached hydrogens (primary N) is 1. The molecule has 106 valence electrons. The molecule has 0 spiro atoms. The minimum absolute atomic E-state index is 0.00546. The molecule has 20 heavy (non-hydrogen) atoms. The van der Waals surface area contributed by atoms with Gasteiger partial charge in [0, 0.05) is 12.1 Å². The van der Waals surface area contributed by atoms with Gasteiger partial charge in [0.1, 0.15) is 5.82 Å². The van der Waals surface area contributed by atoms with Gasteiger partial charge in [0.2, 0.25) is 0 Å². The maximum Gasteiger partial charge on any atom is 0.417 e. The molecule has 7 heteroatoms. The van der Waals surface area contributed by atoms with Gasteiger partial charge in [0.25, 0.3) is 0 Å². The number of aryl methyl sites for hydroxylation is 1. The number of nitrogens with zero attached hydrogens (tertiary/aromatic N) is 3. The molecule has 2 heterocycles. The van der Waals surface area contributed by atoms with Gasteiger partial charge in [-0.15, -0.1) is 0 Å². The summed E-state index contributed by atoms with van der Waals surface area (Å²) in [4.78, 5) is 4.20. The maximum absolute atomic E-state index is 13.0. The number of alkyl halides is 3. The van der Waals surface area contributed by atoms with E-state index in [4.69, 9.17) is 5.73 Å². The Labute approximate surface area is 113 Å². The lowest BCUT2D eigenvalue weighted by molar-refractivity contribution is -0.137. The Morgan fingerprint density at radius 3 is 2.70 bits per heavy atom. The number of fused-ring (bicyclic) bond motifs is 1. The molecule has 3 rings (SSSR count). The number of benzene rings is 1. The lowest BCUT2D eigenvalue weighted by Gasteiger charge is -2.17. The minimum Gasteiger partial charge on any atom is -0.321 e. The first kappa shape index (κ1) is 13.1. The van der Waals surface area contributed by atoms with Crippen LogP contribution in [0.2, 0.25) is 0 Å². The smallest absolute Gasteiger partial charge is 0.321 e. The van der Waals surface area contributed by atoms with Crippen LogP contribution in [0.25, 0.3) is 11.4 Å². The van der Waals surface area contributed by atoms with Gasteiger partial charge < -0.3 is 5.73 Å². The number of aromatic nitrogens is 3. The van der Waals surface area contributed by atoms with Gasteiger partial charge >= 0.3 is 6.18 Å². The van der Waals surface area contributed by atoms with Gasteiger partial charge in [0.05, 0.1) is 11.6 Å². The van der Waals surface area contributed by atoms with Crippen molar-refractivity contribution in [3.63, 3.8) is 0 Å². The zero-order valence-electron chi connectivity index (χ0n) is 10.6. The highest BCUT2D eigenvalue weighted by molar-refractivity contribution is 5.61. The molecule has 1 atom stereocenters. The van der Waals surface area contributed by atoms with Gasteiger partial charge in [-0.25, -0.2) is 9.67 Å². The molecule has 2 N–H and O–H groups in total. The Hall–Kier alpha value is -1.89. The Morgan fingerprint density at radius 2 is 2.00 bits per heavy atom. The molecule has 4 nitrogen and oxygen atoms in total. The monoisotopic (exact) mass is 282 g/mol. The van der Waals surface area contributed by atoms with E-state index < -0.39 is 11.7 Å². The molecule has 0 radical (unpaired) electrons. The van der Waals surface area contributed by atoms with Crippen LogP contribution in [0, 0.1) is 0 Å². The lowest BCUT2D eigenvalue weighted by atomic mass is 10.1. The van der Waals surface area contributed by atoms with Crippen LogP contribution >= 0.6 is 0 Å². The first-order valence-electron chi connectivity index (χ1n) is 6.34. The van der Waals surface area contributed by atoms with E-state index in [9.17, 15) is 13.2 Å². The van der Waals surface area contributed by atoms with E-state index in [1.807, 2.05) is 0 Å². The predicted octanol–water partition coefficient (Wildman–Crippen LogP) is 2.76. The highest BCUT2D eigenvalue weighted by Gasteiger charge is 2.35. The highest BCUT2D eigenvalue weighted by atomic mass is 19.4. The second kappa shape index (κ2) is 4.59. The van der Waals surface area contributed by atoms with Gasteiger partial charge in [-0.1, -0.05) is 18.2 Å². The number of halogens is 3. The summed E-state index contributed by atoms with van der Waals surface area (Å²) in [7, 11) is 0. The van der Waals surface area contributed by atoms with Crippen molar-refractivity contribution >= 4 is 0 Å². The van der Waals surface area contributed by atoms with Crippen LogP contribution < -0.4 is 5.73 Å².